The molecule has 170 valence electrons. The number of hydrogen-bond acceptors (Lipinski definition) is 8. The van der Waals surface area contributed by atoms with Gasteiger partial charge in [-0.1, -0.05) is 30.6 Å². The Hall–Kier alpha value is -2.85. The largest absolute Gasteiger partial charge is 0.497 e. The molecule has 2 aromatic carbocycles. The molecule has 4 rings (SSSR count). The molecule has 1 amide bonds. The quantitative estimate of drug-likeness (QED) is 0.525. The van der Waals surface area contributed by atoms with Crippen LogP contribution >= 0.6 is 11.3 Å². The summed E-state index contributed by atoms with van der Waals surface area (Å²) < 4.78 is 44.7. The molecule has 0 saturated heterocycles. The fourth-order valence-electron chi connectivity index (χ4n) is 3.97. The molecule has 0 N–H and O–H groups in total. The molecule has 1 aliphatic carbocycles. The smallest absolute Gasteiger partial charge is 0.396 e. The van der Waals surface area contributed by atoms with Crippen molar-refractivity contribution in [1.82, 2.24) is 0 Å². The Morgan fingerprint density at radius 2 is 1.81 bits per heavy atom. The van der Waals surface area contributed by atoms with Crippen LogP contribution in [0, 0.1) is 5.92 Å². The van der Waals surface area contributed by atoms with E-state index >= 15 is 0 Å². The van der Waals surface area contributed by atoms with Crippen molar-refractivity contribution in [2.45, 2.75) is 37.0 Å². The lowest BCUT2D eigenvalue weighted by atomic mass is 9.88. The second-order valence-corrected chi connectivity index (χ2v) is 10.3. The van der Waals surface area contributed by atoms with Gasteiger partial charge in [-0.2, -0.15) is 0 Å². The molecule has 0 aliphatic heterocycles. The standard InChI is InChI=1S/C22H23NO7S2/c1-28-16-9-11-18(29-2)20(13-16)32(26,27)23(21(24)14-6-4-3-5-7-14)15-8-10-17-19(12-15)31-22(25)30-17/h8-14H,3-7H2,1-2H3. The van der Waals surface area contributed by atoms with Gasteiger partial charge in [0.25, 0.3) is 10.0 Å². The van der Waals surface area contributed by atoms with Crippen LogP contribution in [0.25, 0.3) is 10.3 Å². The zero-order chi connectivity index (χ0) is 22.9. The van der Waals surface area contributed by atoms with Crippen molar-refractivity contribution in [2.24, 2.45) is 5.92 Å². The van der Waals surface area contributed by atoms with E-state index in [9.17, 15) is 18.0 Å². The van der Waals surface area contributed by atoms with Gasteiger partial charge in [-0.05, 0) is 43.2 Å². The van der Waals surface area contributed by atoms with Crippen LogP contribution < -0.4 is 18.7 Å². The first kappa shape index (κ1) is 22.3. The lowest BCUT2D eigenvalue weighted by Gasteiger charge is -2.29. The highest BCUT2D eigenvalue weighted by Crippen LogP contribution is 2.37. The number of sulfonamides is 1. The maximum absolute atomic E-state index is 13.9. The number of methoxy groups -OCH3 is 2. The van der Waals surface area contributed by atoms with E-state index in [0.717, 1.165) is 34.9 Å². The van der Waals surface area contributed by atoms with Crippen molar-refractivity contribution in [3.63, 3.8) is 0 Å². The number of hydrogen-bond donors (Lipinski definition) is 0. The summed E-state index contributed by atoms with van der Waals surface area (Å²) in [5.41, 5.74) is 0.486. The fourth-order valence-corrected chi connectivity index (χ4v) is 6.32. The van der Waals surface area contributed by atoms with Crippen molar-refractivity contribution in [2.75, 3.05) is 18.5 Å². The van der Waals surface area contributed by atoms with Crippen LogP contribution in [0.15, 0.2) is 50.5 Å². The molecule has 1 saturated carbocycles. The number of anilines is 1. The van der Waals surface area contributed by atoms with Crippen LogP contribution in [-0.2, 0) is 14.8 Å². The van der Waals surface area contributed by atoms with Crippen molar-refractivity contribution >= 4 is 43.2 Å². The van der Waals surface area contributed by atoms with Crippen molar-refractivity contribution in [3.8, 4) is 11.5 Å². The van der Waals surface area contributed by atoms with Gasteiger partial charge >= 0.3 is 4.94 Å². The molecule has 1 heterocycles. The van der Waals surface area contributed by atoms with E-state index in [1.807, 2.05) is 0 Å². The molecule has 8 nitrogen and oxygen atoms in total. The fraction of sp³-hybridized carbons (Fsp3) is 0.364. The highest BCUT2D eigenvalue weighted by molar-refractivity contribution is 7.93. The predicted molar refractivity (Wildman–Crippen MR) is 121 cm³/mol. The minimum absolute atomic E-state index is 0.0984. The zero-order valence-electron chi connectivity index (χ0n) is 17.7. The number of fused-ring (bicyclic) bond motifs is 1. The van der Waals surface area contributed by atoms with Crippen LogP contribution in [0.1, 0.15) is 32.1 Å². The van der Waals surface area contributed by atoms with E-state index in [1.165, 1.54) is 44.6 Å². The van der Waals surface area contributed by atoms with Gasteiger partial charge in [0.15, 0.2) is 0 Å². The van der Waals surface area contributed by atoms with E-state index in [-0.39, 0.29) is 16.3 Å². The summed E-state index contributed by atoms with van der Waals surface area (Å²) in [5.74, 6) is -0.488. The number of benzene rings is 2. The van der Waals surface area contributed by atoms with Gasteiger partial charge < -0.3 is 13.9 Å². The van der Waals surface area contributed by atoms with E-state index in [2.05, 4.69) is 0 Å². The summed E-state index contributed by atoms with van der Waals surface area (Å²) in [7, 11) is -1.57. The third kappa shape index (κ3) is 4.12. The number of ether oxygens (including phenoxy) is 2. The predicted octanol–water partition coefficient (Wildman–Crippen LogP) is 4.17. The van der Waals surface area contributed by atoms with Gasteiger partial charge in [0.2, 0.25) is 5.91 Å². The molecule has 10 heteroatoms. The lowest BCUT2D eigenvalue weighted by molar-refractivity contribution is -0.122. The maximum atomic E-state index is 13.9. The van der Waals surface area contributed by atoms with Crippen LogP contribution in [0.3, 0.4) is 0 Å². The average Bonchev–Trinajstić information content (AvgIpc) is 3.18. The number of rotatable bonds is 6. The lowest BCUT2D eigenvalue weighted by Crippen LogP contribution is -2.41. The van der Waals surface area contributed by atoms with Gasteiger partial charge in [0.05, 0.1) is 24.6 Å². The Labute approximate surface area is 189 Å². The van der Waals surface area contributed by atoms with Crippen LogP contribution in [0.2, 0.25) is 0 Å². The minimum Gasteiger partial charge on any atom is -0.497 e. The van der Waals surface area contributed by atoms with Gasteiger partial charge in [0, 0.05) is 12.0 Å². The average molecular weight is 478 g/mol. The Morgan fingerprint density at radius 3 is 2.50 bits per heavy atom. The topological polar surface area (TPSA) is 103 Å². The van der Waals surface area contributed by atoms with Gasteiger partial charge in [-0.15, -0.1) is 0 Å². The summed E-state index contributed by atoms with van der Waals surface area (Å²) in [4.78, 5) is 24.6. The zero-order valence-corrected chi connectivity index (χ0v) is 19.3. The van der Waals surface area contributed by atoms with Crippen molar-refractivity contribution < 1.29 is 27.1 Å². The minimum atomic E-state index is -4.37. The Bertz CT molecular complexity index is 1300. The Kier molecular flexibility index (Phi) is 6.25. The molecule has 32 heavy (non-hydrogen) atoms. The molecule has 1 aromatic heterocycles. The van der Waals surface area contributed by atoms with E-state index < -0.39 is 26.8 Å². The van der Waals surface area contributed by atoms with Gasteiger partial charge in [-0.25, -0.2) is 17.5 Å². The van der Waals surface area contributed by atoms with Gasteiger partial charge in [0.1, 0.15) is 22.0 Å². The highest BCUT2D eigenvalue weighted by Gasteiger charge is 2.38. The van der Waals surface area contributed by atoms with Crippen LogP contribution in [0.4, 0.5) is 5.69 Å². The molecule has 3 aromatic rings. The monoisotopic (exact) mass is 477 g/mol. The van der Waals surface area contributed by atoms with Crippen molar-refractivity contribution in [1.29, 1.82) is 0 Å². The highest BCUT2D eigenvalue weighted by atomic mass is 32.2. The normalized spacial score (nSPS) is 14.9. The van der Waals surface area contributed by atoms with Crippen LogP contribution in [-0.4, -0.2) is 28.5 Å². The first-order valence-electron chi connectivity index (χ1n) is 10.2. The first-order chi connectivity index (χ1) is 15.3. The number of amides is 1. The summed E-state index contributed by atoms with van der Waals surface area (Å²) >= 11 is 0.851. The van der Waals surface area contributed by atoms with Crippen LogP contribution in [0.5, 0.6) is 11.5 Å². The van der Waals surface area contributed by atoms with E-state index in [0.29, 0.717) is 28.9 Å². The Morgan fingerprint density at radius 1 is 1.06 bits per heavy atom. The third-order valence-electron chi connectivity index (χ3n) is 5.59. The number of nitrogens with zero attached hydrogens (tertiary/aromatic N) is 1. The first-order valence-corrected chi connectivity index (χ1v) is 12.5. The molecule has 1 fully saturated rings. The SMILES string of the molecule is COc1ccc(OC)c(S(=O)(=O)N(C(=O)C2CCCCC2)c2ccc3oc(=O)sc3c2)c1. The second kappa shape index (κ2) is 8.95. The summed E-state index contributed by atoms with van der Waals surface area (Å²) in [6.07, 6.45) is 4.02. The van der Waals surface area contributed by atoms with E-state index in [1.54, 1.807) is 6.07 Å². The van der Waals surface area contributed by atoms with E-state index in [4.69, 9.17) is 13.9 Å². The second-order valence-electron chi connectivity index (χ2n) is 7.54. The molecule has 0 atom stereocenters. The Balaban J connectivity index is 1.89. The molecule has 0 spiro atoms. The molecular weight excluding hydrogens is 454 g/mol. The maximum Gasteiger partial charge on any atom is 0.396 e. The molecular formula is C22H23NO7S2. The van der Waals surface area contributed by atoms with Gasteiger partial charge in [-0.3, -0.25) is 4.79 Å². The van der Waals surface area contributed by atoms with Crippen molar-refractivity contribution in [3.05, 3.63) is 46.1 Å². The number of carbonyl (C=O) groups excluding carboxylic acids is 1. The number of carbonyl (C=O) groups is 1. The third-order valence-corrected chi connectivity index (χ3v) is 8.13. The summed E-state index contributed by atoms with van der Waals surface area (Å²) in [5, 5.41) is 0. The molecule has 0 bridgehead atoms. The summed E-state index contributed by atoms with van der Waals surface area (Å²) in [6.45, 7) is 0. The molecule has 0 radical (unpaired) electrons. The molecule has 1 aliphatic rings. The summed E-state index contributed by atoms with van der Waals surface area (Å²) in [6, 6.07) is 8.88. The molecule has 0 unspecified atom stereocenters.